The van der Waals surface area contributed by atoms with E-state index >= 15 is 0 Å². The second-order valence-electron chi connectivity index (χ2n) is 3.41. The van der Waals surface area contributed by atoms with Crippen LogP contribution in [-0.2, 0) is 0 Å². The summed E-state index contributed by atoms with van der Waals surface area (Å²) in [6.07, 6.45) is 3.99. The topological polar surface area (TPSA) is 0 Å². The van der Waals surface area contributed by atoms with Gasteiger partial charge in [-0.15, -0.1) is 0 Å². The van der Waals surface area contributed by atoms with Crippen molar-refractivity contribution in [2.75, 3.05) is 0 Å². The van der Waals surface area contributed by atoms with Gasteiger partial charge in [-0.2, -0.15) is 0 Å². The highest BCUT2D eigenvalue weighted by Gasteiger charge is 2.23. The first-order valence-corrected chi connectivity index (χ1v) is 4.37. The van der Waals surface area contributed by atoms with Crippen molar-refractivity contribution in [2.24, 2.45) is 0 Å². The van der Waals surface area contributed by atoms with Crippen LogP contribution >= 0.6 is 0 Å². The van der Waals surface area contributed by atoms with Gasteiger partial charge >= 0.3 is 0 Å². The van der Waals surface area contributed by atoms with E-state index in [9.17, 15) is 0 Å². The highest BCUT2D eigenvalue weighted by Crippen LogP contribution is 2.43. The summed E-state index contributed by atoms with van der Waals surface area (Å²) in [6.45, 7) is 9.62. The van der Waals surface area contributed by atoms with E-state index in [2.05, 4.69) is 37.4 Å². The minimum absolute atomic E-state index is 1.10. The molecule has 1 aromatic carbocycles. The zero-order chi connectivity index (χ0) is 9.42. The number of benzene rings is 1. The van der Waals surface area contributed by atoms with Crippen molar-refractivity contribution >= 4 is 11.6 Å². The van der Waals surface area contributed by atoms with Crippen LogP contribution in [0.25, 0.3) is 11.6 Å². The molecule has 0 saturated carbocycles. The molecule has 1 aromatic rings. The van der Waals surface area contributed by atoms with Gasteiger partial charge in [0.2, 0.25) is 0 Å². The Morgan fingerprint density at radius 2 is 2.08 bits per heavy atom. The van der Waals surface area contributed by atoms with E-state index < -0.39 is 0 Å². The molecule has 0 aromatic heterocycles. The van der Waals surface area contributed by atoms with Crippen molar-refractivity contribution in [3.63, 3.8) is 0 Å². The van der Waals surface area contributed by atoms with Gasteiger partial charge < -0.3 is 0 Å². The van der Waals surface area contributed by atoms with Gasteiger partial charge in [0.05, 0.1) is 0 Å². The Bertz CT molecular complexity index is 420. The maximum absolute atomic E-state index is 3.86. The molecular formula is C13H12. The molecule has 0 unspecified atom stereocenters. The lowest BCUT2D eigenvalue weighted by Gasteiger charge is -1.84. The molecule has 0 nitrogen and oxygen atoms in total. The zero-order valence-corrected chi connectivity index (χ0v) is 7.80. The Kier molecular flexibility index (Phi) is 1.70. The summed E-state index contributed by atoms with van der Waals surface area (Å²) in [5.41, 5.74) is 6.32. The van der Waals surface area contributed by atoms with Crippen LogP contribution in [0, 0.1) is 0 Å². The molecule has 0 atom stereocenters. The monoisotopic (exact) mass is 168 g/mol. The quantitative estimate of drug-likeness (QED) is 0.642. The van der Waals surface area contributed by atoms with Gasteiger partial charge in [0, 0.05) is 0 Å². The SMILES string of the molecule is C=Cc1ccc2c(c1)/C2=C/C(=C)C. The molecule has 0 N–H and O–H groups in total. The molecule has 13 heavy (non-hydrogen) atoms. The Balaban J connectivity index is 2.38. The van der Waals surface area contributed by atoms with Crippen LogP contribution in [0.4, 0.5) is 0 Å². The Morgan fingerprint density at radius 1 is 1.31 bits per heavy atom. The molecule has 0 aliphatic heterocycles. The predicted octanol–water partition coefficient (Wildman–Crippen LogP) is 3.65. The van der Waals surface area contributed by atoms with Crippen LogP contribution in [0.1, 0.15) is 23.6 Å². The summed E-state index contributed by atoms with van der Waals surface area (Å²) in [4.78, 5) is 0. The van der Waals surface area contributed by atoms with Crippen LogP contribution in [0.3, 0.4) is 0 Å². The van der Waals surface area contributed by atoms with Crippen molar-refractivity contribution in [1.29, 1.82) is 0 Å². The molecule has 0 heteroatoms. The lowest BCUT2D eigenvalue weighted by atomic mass is 10.2. The minimum Gasteiger partial charge on any atom is -0.0985 e. The average molecular weight is 168 g/mol. The number of hydrogen-bond acceptors (Lipinski definition) is 0. The second kappa shape index (κ2) is 2.74. The number of hydrogen-bond donors (Lipinski definition) is 0. The van der Waals surface area contributed by atoms with E-state index in [4.69, 9.17) is 0 Å². The molecule has 0 saturated heterocycles. The molecule has 0 radical (unpaired) electrons. The normalized spacial score (nSPS) is 15.3. The fourth-order valence-corrected chi connectivity index (χ4v) is 1.49. The summed E-state index contributed by atoms with van der Waals surface area (Å²) in [7, 11) is 0. The molecule has 0 heterocycles. The third-order valence-corrected chi connectivity index (χ3v) is 2.19. The zero-order valence-electron chi connectivity index (χ0n) is 7.80. The van der Waals surface area contributed by atoms with Crippen LogP contribution in [0.2, 0.25) is 0 Å². The summed E-state index contributed by atoms with van der Waals surface area (Å²) in [5, 5.41) is 0. The molecule has 1 aliphatic rings. The predicted molar refractivity (Wildman–Crippen MR) is 58.4 cm³/mol. The molecule has 1 aliphatic carbocycles. The van der Waals surface area contributed by atoms with Crippen molar-refractivity contribution in [3.05, 3.63) is 59.7 Å². The number of fused-ring (bicyclic) bond motifs is 1. The van der Waals surface area contributed by atoms with E-state index in [1.807, 2.05) is 13.0 Å². The largest absolute Gasteiger partial charge is 0.0985 e. The van der Waals surface area contributed by atoms with Gasteiger partial charge in [-0.3, -0.25) is 0 Å². The van der Waals surface area contributed by atoms with Crippen LogP contribution in [0.15, 0.2) is 43.0 Å². The van der Waals surface area contributed by atoms with Gasteiger partial charge in [0.15, 0.2) is 0 Å². The van der Waals surface area contributed by atoms with Crippen molar-refractivity contribution in [3.8, 4) is 0 Å². The Labute approximate surface area is 78.9 Å². The van der Waals surface area contributed by atoms with E-state index in [1.54, 1.807) is 0 Å². The summed E-state index contributed by atoms with van der Waals surface area (Å²) in [6, 6.07) is 6.39. The fourth-order valence-electron chi connectivity index (χ4n) is 1.49. The van der Waals surface area contributed by atoms with Crippen LogP contribution < -0.4 is 0 Å². The smallest absolute Gasteiger partial charge is 0.00929 e. The fraction of sp³-hybridized carbons (Fsp3) is 0.0769. The Morgan fingerprint density at radius 3 is 2.69 bits per heavy atom. The van der Waals surface area contributed by atoms with E-state index in [1.165, 1.54) is 22.3 Å². The van der Waals surface area contributed by atoms with Gasteiger partial charge in [-0.05, 0) is 35.3 Å². The average Bonchev–Trinajstić information content (AvgIpc) is 2.77. The molecule has 0 amide bonds. The lowest BCUT2D eigenvalue weighted by Crippen LogP contribution is -1.64. The van der Waals surface area contributed by atoms with Gasteiger partial charge in [0.1, 0.15) is 0 Å². The van der Waals surface area contributed by atoms with E-state index in [0.29, 0.717) is 0 Å². The summed E-state index contributed by atoms with van der Waals surface area (Å²) in [5.74, 6) is 0. The second-order valence-corrected chi connectivity index (χ2v) is 3.41. The van der Waals surface area contributed by atoms with Crippen molar-refractivity contribution < 1.29 is 0 Å². The maximum atomic E-state index is 3.86. The summed E-state index contributed by atoms with van der Waals surface area (Å²) < 4.78 is 0. The third kappa shape index (κ3) is 1.35. The molecule has 64 valence electrons. The maximum Gasteiger partial charge on any atom is -0.00929 e. The Hall–Kier alpha value is -1.56. The molecule has 2 rings (SSSR count). The number of rotatable bonds is 2. The summed E-state index contributed by atoms with van der Waals surface area (Å²) >= 11 is 0. The highest BCUT2D eigenvalue weighted by atomic mass is 14.3. The first-order chi connectivity index (χ1) is 6.22. The van der Waals surface area contributed by atoms with Crippen molar-refractivity contribution in [1.82, 2.24) is 0 Å². The van der Waals surface area contributed by atoms with Gasteiger partial charge in [-0.25, -0.2) is 0 Å². The van der Waals surface area contributed by atoms with E-state index in [0.717, 1.165) is 5.57 Å². The molecular weight excluding hydrogens is 156 g/mol. The molecule has 0 fully saturated rings. The standard InChI is InChI=1S/C13H12/c1-4-10-5-6-11-12(7-9(2)3)13(11)8-10/h4-8H,1-2H2,3H3/b12-7+. The highest BCUT2D eigenvalue weighted by molar-refractivity contribution is 6.01. The van der Waals surface area contributed by atoms with Crippen LogP contribution in [-0.4, -0.2) is 0 Å². The van der Waals surface area contributed by atoms with E-state index in [-0.39, 0.29) is 0 Å². The third-order valence-electron chi connectivity index (χ3n) is 2.19. The van der Waals surface area contributed by atoms with Gasteiger partial charge in [0.25, 0.3) is 0 Å². The minimum atomic E-state index is 1.10. The van der Waals surface area contributed by atoms with Crippen molar-refractivity contribution in [2.45, 2.75) is 6.92 Å². The molecule has 0 spiro atoms. The van der Waals surface area contributed by atoms with Crippen LogP contribution in [0.5, 0.6) is 0 Å². The lowest BCUT2D eigenvalue weighted by molar-refractivity contribution is 1.58. The number of allylic oxidation sites excluding steroid dienone is 2. The van der Waals surface area contributed by atoms with Gasteiger partial charge in [-0.1, -0.05) is 43.0 Å². The molecule has 0 bridgehead atoms. The first-order valence-electron chi connectivity index (χ1n) is 4.37. The first kappa shape index (κ1) is 8.06.